The van der Waals surface area contributed by atoms with Crippen molar-refractivity contribution in [2.75, 3.05) is 26.7 Å². The molecule has 1 aromatic rings. The predicted octanol–water partition coefficient (Wildman–Crippen LogP) is 1.14. The molecule has 2 unspecified atom stereocenters. The van der Waals surface area contributed by atoms with Gasteiger partial charge in [0.25, 0.3) is 0 Å². The average molecular weight is 265 g/mol. The monoisotopic (exact) mass is 265 g/mol. The van der Waals surface area contributed by atoms with Crippen LogP contribution in [0.3, 0.4) is 0 Å². The lowest BCUT2D eigenvalue weighted by atomic mass is 10.2. The summed E-state index contributed by atoms with van der Waals surface area (Å²) in [6.45, 7) is 4.36. The zero-order valence-corrected chi connectivity index (χ0v) is 11.7. The van der Waals surface area contributed by atoms with E-state index in [2.05, 4.69) is 15.5 Å². The quantitative estimate of drug-likeness (QED) is 0.810. The van der Waals surface area contributed by atoms with Crippen LogP contribution in [0.4, 0.5) is 0 Å². The molecule has 0 spiro atoms. The van der Waals surface area contributed by atoms with E-state index in [1.165, 1.54) is 12.8 Å². The number of likely N-dealkylation sites (tertiary alicyclic amines) is 1. The smallest absolute Gasteiger partial charge is 0.234 e. The third-order valence-electron chi connectivity index (χ3n) is 3.63. The summed E-state index contributed by atoms with van der Waals surface area (Å²) in [5.74, 6) is 0.855. The first-order valence-electron chi connectivity index (χ1n) is 6.92. The second-order valence-corrected chi connectivity index (χ2v) is 5.13. The van der Waals surface area contributed by atoms with E-state index in [1.807, 2.05) is 26.1 Å². The van der Waals surface area contributed by atoms with Gasteiger partial charge in [-0.1, -0.05) is 0 Å². The van der Waals surface area contributed by atoms with Crippen molar-refractivity contribution in [3.63, 3.8) is 0 Å². The fraction of sp³-hybridized carbons (Fsp3) is 0.643. The molecule has 2 atom stereocenters. The van der Waals surface area contributed by atoms with Crippen molar-refractivity contribution in [2.45, 2.75) is 31.8 Å². The molecule has 106 valence electrons. The van der Waals surface area contributed by atoms with Crippen LogP contribution < -0.4 is 10.6 Å². The number of nitrogens with one attached hydrogen (secondary N) is 2. The van der Waals surface area contributed by atoms with Crippen LogP contribution in [-0.4, -0.2) is 43.5 Å². The minimum atomic E-state index is -0.0761. The van der Waals surface area contributed by atoms with Crippen molar-refractivity contribution in [2.24, 2.45) is 0 Å². The molecule has 2 rings (SSSR count). The van der Waals surface area contributed by atoms with Crippen LogP contribution >= 0.6 is 0 Å². The van der Waals surface area contributed by atoms with Crippen molar-refractivity contribution in [3.05, 3.63) is 24.2 Å². The molecule has 1 amide bonds. The number of rotatable bonds is 6. The van der Waals surface area contributed by atoms with Gasteiger partial charge >= 0.3 is 0 Å². The van der Waals surface area contributed by atoms with Gasteiger partial charge in [0.1, 0.15) is 5.76 Å². The van der Waals surface area contributed by atoms with Crippen LogP contribution in [0.1, 0.15) is 31.6 Å². The first kappa shape index (κ1) is 14.1. The first-order chi connectivity index (χ1) is 9.20. The van der Waals surface area contributed by atoms with Gasteiger partial charge in [0.15, 0.2) is 0 Å². The Labute approximate surface area is 114 Å². The van der Waals surface area contributed by atoms with Crippen LogP contribution in [-0.2, 0) is 4.79 Å². The standard InChI is InChI=1S/C14H23N3O2/c1-11(13-6-4-8-19-13)16-14(18)10-17-7-3-5-12(17)9-15-2/h4,6,8,11-12,15H,3,5,7,9-10H2,1-2H3,(H,16,18). The summed E-state index contributed by atoms with van der Waals surface area (Å²) in [5.41, 5.74) is 0. The van der Waals surface area contributed by atoms with Crippen LogP contribution in [0.15, 0.2) is 22.8 Å². The molecule has 19 heavy (non-hydrogen) atoms. The fourth-order valence-electron chi connectivity index (χ4n) is 2.65. The number of carbonyl (C=O) groups is 1. The van der Waals surface area contributed by atoms with E-state index in [4.69, 9.17) is 4.42 Å². The Morgan fingerprint density at radius 3 is 3.16 bits per heavy atom. The molecule has 0 aromatic carbocycles. The summed E-state index contributed by atoms with van der Waals surface area (Å²) < 4.78 is 5.29. The molecule has 1 aliphatic heterocycles. The van der Waals surface area contributed by atoms with E-state index in [1.54, 1.807) is 6.26 Å². The molecule has 1 aromatic heterocycles. The Kier molecular flexibility index (Phi) is 4.99. The summed E-state index contributed by atoms with van der Waals surface area (Å²) in [4.78, 5) is 14.3. The highest BCUT2D eigenvalue weighted by atomic mass is 16.3. The van der Waals surface area contributed by atoms with Crippen LogP contribution in [0.25, 0.3) is 0 Å². The molecule has 1 saturated heterocycles. The van der Waals surface area contributed by atoms with Crippen LogP contribution in [0, 0.1) is 0 Å². The van der Waals surface area contributed by atoms with E-state index in [-0.39, 0.29) is 11.9 Å². The number of hydrogen-bond acceptors (Lipinski definition) is 4. The Hall–Kier alpha value is -1.33. The Bertz CT molecular complexity index is 391. The maximum absolute atomic E-state index is 12.0. The van der Waals surface area contributed by atoms with E-state index in [0.717, 1.165) is 18.8 Å². The average Bonchev–Trinajstić information content (AvgIpc) is 3.01. The SMILES string of the molecule is CNCC1CCCN1CC(=O)NC(C)c1ccco1. The highest BCUT2D eigenvalue weighted by molar-refractivity contribution is 5.78. The number of carbonyl (C=O) groups excluding carboxylic acids is 1. The van der Waals surface area contributed by atoms with E-state index in [0.29, 0.717) is 12.6 Å². The lowest BCUT2D eigenvalue weighted by Gasteiger charge is -2.24. The molecule has 0 saturated carbocycles. The summed E-state index contributed by atoms with van der Waals surface area (Å²) in [7, 11) is 1.95. The van der Waals surface area contributed by atoms with Gasteiger partial charge in [0, 0.05) is 12.6 Å². The van der Waals surface area contributed by atoms with Gasteiger partial charge in [-0.15, -0.1) is 0 Å². The molecule has 5 nitrogen and oxygen atoms in total. The third kappa shape index (κ3) is 3.81. The predicted molar refractivity (Wildman–Crippen MR) is 73.8 cm³/mol. The summed E-state index contributed by atoms with van der Waals surface area (Å²) in [5, 5.41) is 6.16. The lowest BCUT2D eigenvalue weighted by Crippen LogP contribution is -2.43. The first-order valence-corrected chi connectivity index (χ1v) is 6.92. The molecule has 1 fully saturated rings. The highest BCUT2D eigenvalue weighted by Crippen LogP contribution is 2.16. The molecular formula is C14H23N3O2. The summed E-state index contributed by atoms with van der Waals surface area (Å²) in [6.07, 6.45) is 3.97. The maximum atomic E-state index is 12.0. The number of nitrogens with zero attached hydrogens (tertiary/aromatic N) is 1. The van der Waals surface area contributed by atoms with Crippen LogP contribution in [0.2, 0.25) is 0 Å². The molecule has 2 heterocycles. The Morgan fingerprint density at radius 2 is 2.47 bits per heavy atom. The van der Waals surface area contributed by atoms with E-state index < -0.39 is 0 Å². The second kappa shape index (κ2) is 6.73. The summed E-state index contributed by atoms with van der Waals surface area (Å²) >= 11 is 0. The minimum Gasteiger partial charge on any atom is -0.467 e. The largest absolute Gasteiger partial charge is 0.467 e. The van der Waals surface area contributed by atoms with Crippen molar-refractivity contribution < 1.29 is 9.21 Å². The zero-order chi connectivity index (χ0) is 13.7. The van der Waals surface area contributed by atoms with Gasteiger partial charge in [0.2, 0.25) is 5.91 Å². The molecule has 1 aliphatic rings. The second-order valence-electron chi connectivity index (χ2n) is 5.13. The number of likely N-dealkylation sites (N-methyl/N-ethyl adjacent to an activating group) is 1. The lowest BCUT2D eigenvalue weighted by molar-refractivity contribution is -0.123. The van der Waals surface area contributed by atoms with Crippen molar-refractivity contribution >= 4 is 5.91 Å². The minimum absolute atomic E-state index is 0.0619. The Morgan fingerprint density at radius 1 is 1.63 bits per heavy atom. The van der Waals surface area contributed by atoms with Crippen molar-refractivity contribution in [3.8, 4) is 0 Å². The van der Waals surface area contributed by atoms with Gasteiger partial charge < -0.3 is 15.1 Å². The number of furan rings is 1. The van der Waals surface area contributed by atoms with Gasteiger partial charge in [-0.25, -0.2) is 0 Å². The highest BCUT2D eigenvalue weighted by Gasteiger charge is 2.26. The molecule has 5 heteroatoms. The molecule has 2 N–H and O–H groups in total. The van der Waals surface area contributed by atoms with Gasteiger partial charge in [0.05, 0.1) is 18.8 Å². The van der Waals surface area contributed by atoms with Crippen LogP contribution in [0.5, 0.6) is 0 Å². The number of amides is 1. The van der Waals surface area contributed by atoms with Crippen molar-refractivity contribution in [1.29, 1.82) is 0 Å². The van der Waals surface area contributed by atoms with Crippen molar-refractivity contribution in [1.82, 2.24) is 15.5 Å². The zero-order valence-electron chi connectivity index (χ0n) is 11.7. The molecule has 0 radical (unpaired) electrons. The molecule has 0 aliphatic carbocycles. The third-order valence-corrected chi connectivity index (χ3v) is 3.63. The molecule has 0 bridgehead atoms. The number of hydrogen-bond donors (Lipinski definition) is 2. The van der Waals surface area contributed by atoms with Gasteiger partial charge in [-0.2, -0.15) is 0 Å². The topological polar surface area (TPSA) is 57.5 Å². The maximum Gasteiger partial charge on any atom is 0.234 e. The normalized spacial score (nSPS) is 21.5. The van der Waals surface area contributed by atoms with E-state index in [9.17, 15) is 4.79 Å². The fourth-order valence-corrected chi connectivity index (χ4v) is 2.65. The summed E-state index contributed by atoms with van der Waals surface area (Å²) in [6, 6.07) is 4.12. The molecular weight excluding hydrogens is 242 g/mol. The Balaban J connectivity index is 1.80. The van der Waals surface area contributed by atoms with E-state index >= 15 is 0 Å². The van der Waals surface area contributed by atoms with Gasteiger partial charge in [-0.05, 0) is 45.5 Å². The van der Waals surface area contributed by atoms with Gasteiger partial charge in [-0.3, -0.25) is 9.69 Å².